The van der Waals surface area contributed by atoms with E-state index >= 15 is 0 Å². The minimum absolute atomic E-state index is 0.0150. The highest BCUT2D eigenvalue weighted by Gasteiger charge is 2.34. The number of H-pyrrole nitrogens is 2. The topological polar surface area (TPSA) is 93.4 Å². The highest BCUT2D eigenvalue weighted by Crippen LogP contribution is 2.36. The average molecular weight is 648 g/mol. The van der Waals surface area contributed by atoms with Crippen molar-refractivity contribution in [2.75, 3.05) is 39.8 Å². The van der Waals surface area contributed by atoms with Gasteiger partial charge in [-0.2, -0.15) is 18.3 Å². The number of rotatable bonds is 7. The zero-order chi connectivity index (χ0) is 32.7. The maximum atomic E-state index is 15.0. The molecule has 0 aliphatic carbocycles. The number of piperazine rings is 1. The van der Waals surface area contributed by atoms with E-state index in [0.717, 1.165) is 42.0 Å². The molecule has 2 N–H and O–H groups in total. The first-order valence-electron chi connectivity index (χ1n) is 15.4. The maximum Gasteiger partial charge on any atom is 0.416 e. The molecule has 0 atom stereocenters. The van der Waals surface area contributed by atoms with E-state index in [1.54, 1.807) is 41.6 Å². The van der Waals surface area contributed by atoms with Gasteiger partial charge in [0.25, 0.3) is 0 Å². The van der Waals surface area contributed by atoms with E-state index < -0.39 is 17.6 Å². The first-order chi connectivity index (χ1) is 22.6. The third-order valence-corrected chi connectivity index (χ3v) is 8.96. The molecule has 1 saturated heterocycles. The highest BCUT2D eigenvalue weighted by molar-refractivity contribution is 5.88. The van der Waals surface area contributed by atoms with E-state index in [2.05, 4.69) is 25.1 Å². The van der Waals surface area contributed by atoms with Gasteiger partial charge in [0.2, 0.25) is 5.91 Å². The van der Waals surface area contributed by atoms with Crippen molar-refractivity contribution in [1.29, 1.82) is 0 Å². The lowest BCUT2D eigenvalue weighted by Crippen LogP contribution is -2.44. The van der Waals surface area contributed by atoms with Crippen LogP contribution in [0.2, 0.25) is 0 Å². The van der Waals surface area contributed by atoms with Crippen LogP contribution in [0, 0.1) is 5.82 Å². The number of amides is 1. The van der Waals surface area contributed by atoms with Crippen LogP contribution in [0.3, 0.4) is 0 Å². The number of alkyl halides is 3. The van der Waals surface area contributed by atoms with Crippen LogP contribution in [0.4, 0.5) is 17.6 Å². The van der Waals surface area contributed by atoms with Crippen LogP contribution in [0.5, 0.6) is 11.5 Å². The van der Waals surface area contributed by atoms with Crippen molar-refractivity contribution < 1.29 is 27.1 Å². The molecule has 244 valence electrons. The first kappa shape index (κ1) is 30.9. The largest absolute Gasteiger partial charge is 0.453 e. The highest BCUT2D eigenvalue weighted by atomic mass is 19.4. The van der Waals surface area contributed by atoms with Gasteiger partial charge in [0.1, 0.15) is 11.4 Å². The number of aromatic nitrogens is 4. The van der Waals surface area contributed by atoms with Gasteiger partial charge in [0, 0.05) is 57.6 Å². The standard InChI is InChI=1S/C34H33F4N7O2/c1-43-8-10-44(11-9-43)19-23-3-2-21(12-28(23)34(36,37)38)13-31(46)45-7-6-22-4-5-26(14-24(22)20-45)47-32-27-15-30(25-16-40-41-17-25)42-33(27)39-18-29(32)35/h2-5,12,14-18H,6-11,13,19-20H2,1H3,(H,39,42)(H,40,41). The summed E-state index contributed by atoms with van der Waals surface area (Å²) in [5, 5.41) is 7.16. The number of aromatic amines is 2. The van der Waals surface area contributed by atoms with Crippen LogP contribution >= 0.6 is 0 Å². The van der Waals surface area contributed by atoms with Crippen molar-refractivity contribution in [3.8, 4) is 22.8 Å². The molecule has 0 saturated carbocycles. The Hall–Kier alpha value is -4.75. The van der Waals surface area contributed by atoms with Gasteiger partial charge in [0.15, 0.2) is 11.6 Å². The number of nitrogens with zero attached hydrogens (tertiary/aromatic N) is 5. The average Bonchev–Trinajstić information content (AvgIpc) is 3.74. The fraction of sp³-hybridized carbons (Fsp3) is 0.324. The normalized spacial score (nSPS) is 16.1. The summed E-state index contributed by atoms with van der Waals surface area (Å²) in [5.74, 6) is -0.483. The van der Waals surface area contributed by atoms with Crippen LogP contribution < -0.4 is 4.74 Å². The number of ether oxygens (including phenoxy) is 1. The summed E-state index contributed by atoms with van der Waals surface area (Å²) >= 11 is 0. The second-order valence-corrected chi connectivity index (χ2v) is 12.2. The van der Waals surface area contributed by atoms with Gasteiger partial charge in [-0.15, -0.1) is 0 Å². The van der Waals surface area contributed by atoms with Crippen molar-refractivity contribution >= 4 is 16.9 Å². The minimum Gasteiger partial charge on any atom is -0.453 e. The van der Waals surface area contributed by atoms with E-state index in [1.165, 1.54) is 6.07 Å². The summed E-state index contributed by atoms with van der Waals surface area (Å²) in [6.45, 7) is 3.96. The Morgan fingerprint density at radius 3 is 2.60 bits per heavy atom. The lowest BCUT2D eigenvalue weighted by molar-refractivity contribution is -0.138. The number of fused-ring (bicyclic) bond motifs is 2. The molecule has 47 heavy (non-hydrogen) atoms. The Balaban J connectivity index is 1.06. The zero-order valence-corrected chi connectivity index (χ0v) is 25.7. The Bertz CT molecular complexity index is 1910. The number of nitrogens with one attached hydrogen (secondary N) is 2. The molecule has 7 rings (SSSR count). The second-order valence-electron chi connectivity index (χ2n) is 12.2. The molecule has 13 heteroatoms. The number of carbonyl (C=O) groups excluding carboxylic acids is 1. The maximum absolute atomic E-state index is 15.0. The van der Waals surface area contributed by atoms with Gasteiger partial charge in [0.05, 0.1) is 35.5 Å². The quantitative estimate of drug-likeness (QED) is 0.218. The lowest BCUT2D eigenvalue weighted by Gasteiger charge is -2.33. The number of benzene rings is 2. The summed E-state index contributed by atoms with van der Waals surface area (Å²) in [5.41, 5.74) is 3.64. The Morgan fingerprint density at radius 1 is 1.00 bits per heavy atom. The monoisotopic (exact) mass is 647 g/mol. The third kappa shape index (κ3) is 6.58. The molecule has 3 aromatic heterocycles. The minimum atomic E-state index is -4.53. The molecule has 9 nitrogen and oxygen atoms in total. The number of pyridine rings is 1. The number of likely N-dealkylation sites (N-methyl/N-ethyl adjacent to an activating group) is 1. The van der Waals surface area contributed by atoms with E-state index in [9.17, 15) is 22.4 Å². The first-order valence-corrected chi connectivity index (χ1v) is 15.4. The SMILES string of the molecule is CN1CCN(Cc2ccc(CC(=O)N3CCc4ccc(Oc5c(F)cnc6[nH]c(-c7cn[nH]c7)cc56)cc4C3)cc2C(F)(F)F)CC1. The van der Waals surface area contributed by atoms with Crippen molar-refractivity contribution in [2.45, 2.75) is 32.1 Å². The molecular weight excluding hydrogens is 614 g/mol. The van der Waals surface area contributed by atoms with E-state index in [4.69, 9.17) is 4.74 Å². The summed E-state index contributed by atoms with van der Waals surface area (Å²) in [7, 11) is 2.00. The van der Waals surface area contributed by atoms with Gasteiger partial charge in [-0.3, -0.25) is 14.8 Å². The fourth-order valence-corrected chi connectivity index (χ4v) is 6.28. The van der Waals surface area contributed by atoms with Crippen LogP contribution in [0.25, 0.3) is 22.3 Å². The molecule has 0 radical (unpaired) electrons. The number of hydrogen-bond acceptors (Lipinski definition) is 6. The molecule has 0 unspecified atom stereocenters. The fourth-order valence-electron chi connectivity index (χ4n) is 6.28. The van der Waals surface area contributed by atoms with E-state index in [-0.39, 0.29) is 36.7 Å². The molecule has 2 aliphatic heterocycles. The molecule has 1 fully saturated rings. The lowest BCUT2D eigenvalue weighted by atomic mass is 9.97. The van der Waals surface area contributed by atoms with Gasteiger partial charge >= 0.3 is 6.18 Å². The Kier molecular flexibility index (Phi) is 8.18. The summed E-state index contributed by atoms with van der Waals surface area (Å²) in [6, 6.07) is 11.4. The van der Waals surface area contributed by atoms with Gasteiger partial charge in [-0.1, -0.05) is 18.2 Å². The molecule has 2 aromatic carbocycles. The van der Waals surface area contributed by atoms with Crippen LogP contribution in [-0.4, -0.2) is 80.5 Å². The summed E-state index contributed by atoms with van der Waals surface area (Å²) in [4.78, 5) is 26.5. The predicted molar refractivity (Wildman–Crippen MR) is 167 cm³/mol. The van der Waals surface area contributed by atoms with Crippen molar-refractivity contribution in [3.05, 3.63) is 94.7 Å². The molecule has 0 bridgehead atoms. The molecule has 5 heterocycles. The second kappa shape index (κ2) is 12.5. The van der Waals surface area contributed by atoms with Gasteiger partial charge < -0.3 is 19.5 Å². The van der Waals surface area contributed by atoms with E-state index in [1.807, 2.05) is 18.0 Å². The van der Waals surface area contributed by atoms with Crippen molar-refractivity contribution in [2.24, 2.45) is 0 Å². The third-order valence-electron chi connectivity index (χ3n) is 8.96. The van der Waals surface area contributed by atoms with Crippen molar-refractivity contribution in [3.63, 3.8) is 0 Å². The summed E-state index contributed by atoms with van der Waals surface area (Å²) in [6.07, 6.45) is 0.350. The van der Waals surface area contributed by atoms with Gasteiger partial charge in [-0.25, -0.2) is 9.37 Å². The predicted octanol–water partition coefficient (Wildman–Crippen LogP) is 5.78. The van der Waals surface area contributed by atoms with Crippen molar-refractivity contribution in [1.82, 2.24) is 34.9 Å². The molecular formula is C34H33F4N7O2. The van der Waals surface area contributed by atoms with Gasteiger partial charge in [-0.05, 0) is 60.0 Å². The molecule has 2 aliphatic rings. The Labute approximate surface area is 268 Å². The van der Waals surface area contributed by atoms with Crippen LogP contribution in [0.15, 0.2) is 61.1 Å². The molecule has 0 spiro atoms. The molecule has 1 amide bonds. The Morgan fingerprint density at radius 2 is 1.83 bits per heavy atom. The number of hydrogen-bond donors (Lipinski definition) is 2. The van der Waals surface area contributed by atoms with E-state index in [0.29, 0.717) is 54.1 Å². The number of carbonyl (C=O) groups is 1. The smallest absolute Gasteiger partial charge is 0.416 e. The number of halogens is 4. The van der Waals surface area contributed by atoms with Crippen LogP contribution in [0.1, 0.15) is 27.8 Å². The zero-order valence-electron chi connectivity index (χ0n) is 25.7. The molecule has 5 aromatic rings. The summed E-state index contributed by atoms with van der Waals surface area (Å²) < 4.78 is 63.4. The van der Waals surface area contributed by atoms with Crippen LogP contribution in [-0.2, 0) is 36.9 Å².